The van der Waals surface area contributed by atoms with E-state index in [9.17, 15) is 18.0 Å². The lowest BCUT2D eigenvalue weighted by atomic mass is 9.98. The van der Waals surface area contributed by atoms with Gasteiger partial charge in [-0.25, -0.2) is 13.2 Å². The first-order valence-corrected chi connectivity index (χ1v) is 12.7. The average Bonchev–Trinajstić information content (AvgIpc) is 3.22. The van der Waals surface area contributed by atoms with Crippen molar-refractivity contribution < 1.29 is 31.9 Å². The summed E-state index contributed by atoms with van der Waals surface area (Å²) in [5, 5.41) is 0.678. The predicted molar refractivity (Wildman–Crippen MR) is 125 cm³/mol. The fourth-order valence-corrected chi connectivity index (χ4v) is 5.53. The van der Waals surface area contributed by atoms with Gasteiger partial charge in [0.1, 0.15) is 12.2 Å². The molecule has 1 aromatic heterocycles. The lowest BCUT2D eigenvalue weighted by Crippen LogP contribution is -2.40. The van der Waals surface area contributed by atoms with Crippen LogP contribution in [-0.4, -0.2) is 44.4 Å². The molecule has 0 saturated carbocycles. The third-order valence-electron chi connectivity index (χ3n) is 5.96. The summed E-state index contributed by atoms with van der Waals surface area (Å²) in [6.45, 7) is 4.13. The van der Waals surface area contributed by atoms with Gasteiger partial charge in [-0.05, 0) is 44.9 Å². The number of para-hydroxylation sites is 1. The Morgan fingerprint density at radius 3 is 2.38 bits per heavy atom. The molecule has 2 aromatic carbocycles. The van der Waals surface area contributed by atoms with Crippen LogP contribution in [0.4, 0.5) is 0 Å². The number of sulfonamides is 1. The van der Waals surface area contributed by atoms with Crippen LogP contribution in [0, 0.1) is 12.8 Å². The highest BCUT2D eigenvalue weighted by atomic mass is 32.2. The molecule has 8 nitrogen and oxygen atoms in total. The average molecular weight is 486 g/mol. The predicted octanol–water partition coefficient (Wildman–Crippen LogP) is 4.06. The molecule has 0 aliphatic carbocycles. The Bertz CT molecular complexity index is 1290. The number of nitrogens with zero attached hydrogens (tertiary/aromatic N) is 1. The zero-order valence-corrected chi connectivity index (χ0v) is 20.0. The summed E-state index contributed by atoms with van der Waals surface area (Å²) in [6.07, 6.45) is 0.724. The SMILES string of the molecule is CCOC(=O)c1oc2ccccc2c1COC(=O)C1CCN(S(=O)(=O)c2ccc(C)cc2)CC1. The van der Waals surface area contributed by atoms with Crippen molar-refractivity contribution in [1.29, 1.82) is 0 Å². The number of hydrogen-bond donors (Lipinski definition) is 0. The van der Waals surface area contributed by atoms with E-state index in [1.807, 2.05) is 13.0 Å². The fourth-order valence-electron chi connectivity index (χ4n) is 4.06. The normalized spacial score (nSPS) is 15.4. The Labute approximate surface area is 198 Å². The van der Waals surface area contributed by atoms with Gasteiger partial charge in [0.2, 0.25) is 15.8 Å². The van der Waals surface area contributed by atoms with Crippen molar-refractivity contribution in [3.05, 3.63) is 65.4 Å². The van der Waals surface area contributed by atoms with Crippen molar-refractivity contribution in [2.24, 2.45) is 5.92 Å². The highest BCUT2D eigenvalue weighted by Crippen LogP contribution is 2.29. The Balaban J connectivity index is 1.41. The van der Waals surface area contributed by atoms with E-state index in [1.165, 1.54) is 4.31 Å². The first kappa shape index (κ1) is 24.0. The number of carbonyl (C=O) groups excluding carboxylic acids is 2. The molecule has 180 valence electrons. The summed E-state index contributed by atoms with van der Waals surface area (Å²) in [7, 11) is -3.60. The molecule has 0 atom stereocenters. The molecule has 1 saturated heterocycles. The molecule has 3 aromatic rings. The molecule has 0 radical (unpaired) electrons. The standard InChI is InChI=1S/C25H27NO7S/c1-3-31-25(28)23-21(20-6-4-5-7-22(20)33-23)16-32-24(27)18-12-14-26(15-13-18)34(29,30)19-10-8-17(2)9-11-19/h4-11,18H,3,12-16H2,1-2H3. The van der Waals surface area contributed by atoms with Crippen LogP contribution < -0.4 is 0 Å². The minimum absolute atomic E-state index is 0.0230. The molecule has 0 spiro atoms. The summed E-state index contributed by atoms with van der Waals surface area (Å²) in [4.78, 5) is 25.3. The van der Waals surface area contributed by atoms with Crippen molar-refractivity contribution in [3.63, 3.8) is 0 Å². The molecule has 0 N–H and O–H groups in total. The van der Waals surface area contributed by atoms with Crippen molar-refractivity contribution in [3.8, 4) is 0 Å². The maximum absolute atomic E-state index is 12.9. The molecule has 34 heavy (non-hydrogen) atoms. The van der Waals surface area contributed by atoms with Gasteiger partial charge in [0.15, 0.2) is 0 Å². The molecule has 0 bridgehead atoms. The first-order valence-electron chi connectivity index (χ1n) is 11.2. The molecule has 0 unspecified atom stereocenters. The highest BCUT2D eigenvalue weighted by molar-refractivity contribution is 7.89. The van der Waals surface area contributed by atoms with Crippen molar-refractivity contribution in [2.75, 3.05) is 19.7 Å². The summed E-state index contributed by atoms with van der Waals surface area (Å²) in [5.74, 6) is -1.43. The number of fused-ring (bicyclic) bond motifs is 1. The number of piperidine rings is 1. The molecular weight excluding hydrogens is 458 g/mol. The smallest absolute Gasteiger partial charge is 0.374 e. The van der Waals surface area contributed by atoms with Crippen LogP contribution in [0.2, 0.25) is 0 Å². The largest absolute Gasteiger partial charge is 0.460 e. The third-order valence-corrected chi connectivity index (χ3v) is 7.88. The van der Waals surface area contributed by atoms with Crippen molar-refractivity contribution >= 4 is 32.9 Å². The Kier molecular flexibility index (Phi) is 7.04. The molecular formula is C25H27NO7S. The molecule has 1 fully saturated rings. The number of carbonyl (C=O) groups is 2. The summed E-state index contributed by atoms with van der Waals surface area (Å²) in [5.41, 5.74) is 1.95. The lowest BCUT2D eigenvalue weighted by molar-refractivity contribution is -0.151. The maximum atomic E-state index is 12.9. The number of hydrogen-bond acceptors (Lipinski definition) is 7. The first-order chi connectivity index (χ1) is 16.3. The zero-order chi connectivity index (χ0) is 24.3. The van der Waals surface area contributed by atoms with E-state index in [-0.39, 0.29) is 37.0 Å². The van der Waals surface area contributed by atoms with Crippen LogP contribution in [0.1, 0.15) is 41.4 Å². The van der Waals surface area contributed by atoms with Gasteiger partial charge >= 0.3 is 11.9 Å². The summed E-state index contributed by atoms with van der Waals surface area (Å²) in [6, 6.07) is 13.8. The second-order valence-corrected chi connectivity index (χ2v) is 10.2. The summed E-state index contributed by atoms with van der Waals surface area (Å²) < 4.78 is 43.5. The monoisotopic (exact) mass is 485 g/mol. The number of furan rings is 1. The lowest BCUT2D eigenvalue weighted by Gasteiger charge is -2.30. The van der Waals surface area contributed by atoms with Gasteiger partial charge in [0.25, 0.3) is 0 Å². The van der Waals surface area contributed by atoms with Gasteiger partial charge in [-0.1, -0.05) is 35.9 Å². The van der Waals surface area contributed by atoms with Crippen LogP contribution in [0.15, 0.2) is 57.8 Å². The van der Waals surface area contributed by atoms with E-state index in [2.05, 4.69) is 0 Å². The molecule has 4 rings (SSSR count). The number of esters is 2. The molecule has 0 amide bonds. The van der Waals surface area contributed by atoms with Gasteiger partial charge in [-0.15, -0.1) is 0 Å². The van der Waals surface area contributed by atoms with Gasteiger partial charge in [-0.3, -0.25) is 4.79 Å². The Hall–Kier alpha value is -3.17. The topological polar surface area (TPSA) is 103 Å². The van der Waals surface area contributed by atoms with Gasteiger partial charge in [0.05, 0.1) is 23.0 Å². The van der Waals surface area contributed by atoms with Crippen LogP contribution in [-0.2, 0) is 30.9 Å². The van der Waals surface area contributed by atoms with Gasteiger partial charge < -0.3 is 13.9 Å². The van der Waals surface area contributed by atoms with Crippen LogP contribution in [0.5, 0.6) is 0 Å². The zero-order valence-electron chi connectivity index (χ0n) is 19.2. The van der Waals surface area contributed by atoms with Crippen LogP contribution in [0.25, 0.3) is 11.0 Å². The Morgan fingerprint density at radius 1 is 1.03 bits per heavy atom. The van der Waals surface area contributed by atoms with E-state index in [0.29, 0.717) is 29.4 Å². The van der Waals surface area contributed by atoms with E-state index in [4.69, 9.17) is 13.9 Å². The van der Waals surface area contributed by atoms with E-state index in [0.717, 1.165) is 5.56 Å². The van der Waals surface area contributed by atoms with Crippen molar-refractivity contribution in [1.82, 2.24) is 4.31 Å². The third kappa shape index (κ3) is 4.85. The van der Waals surface area contributed by atoms with E-state index >= 15 is 0 Å². The maximum Gasteiger partial charge on any atom is 0.374 e. The van der Waals surface area contributed by atoms with Crippen LogP contribution in [0.3, 0.4) is 0 Å². The van der Waals surface area contributed by atoms with E-state index in [1.54, 1.807) is 49.4 Å². The van der Waals surface area contributed by atoms with Gasteiger partial charge in [-0.2, -0.15) is 4.31 Å². The number of rotatable bonds is 7. The second kappa shape index (κ2) is 9.99. The fraction of sp³-hybridized carbons (Fsp3) is 0.360. The number of benzene rings is 2. The molecule has 2 heterocycles. The second-order valence-electron chi connectivity index (χ2n) is 8.23. The molecule has 1 aliphatic rings. The quantitative estimate of drug-likeness (QED) is 0.465. The molecule has 1 aliphatic heterocycles. The molecule has 9 heteroatoms. The number of aryl methyl sites for hydroxylation is 1. The highest BCUT2D eigenvalue weighted by Gasteiger charge is 2.33. The summed E-state index contributed by atoms with van der Waals surface area (Å²) >= 11 is 0. The minimum atomic E-state index is -3.60. The van der Waals surface area contributed by atoms with Gasteiger partial charge in [0, 0.05) is 18.5 Å². The minimum Gasteiger partial charge on any atom is -0.460 e. The van der Waals surface area contributed by atoms with Crippen LogP contribution >= 0.6 is 0 Å². The Morgan fingerprint density at radius 2 is 1.71 bits per heavy atom. The van der Waals surface area contributed by atoms with Crippen molar-refractivity contribution in [2.45, 2.75) is 38.2 Å². The number of ether oxygens (including phenoxy) is 2. The van der Waals surface area contributed by atoms with E-state index < -0.39 is 27.9 Å².